The van der Waals surface area contributed by atoms with Gasteiger partial charge in [-0.05, 0) is 38.0 Å². The molecule has 158 valence electrons. The molecular weight excluding hydrogens is 415 g/mol. The molecule has 1 aromatic carbocycles. The molecule has 0 radical (unpaired) electrons. The molecule has 4 atom stereocenters. The zero-order valence-electron chi connectivity index (χ0n) is 15.6. The Balaban J connectivity index is 1.97. The van der Waals surface area contributed by atoms with Crippen LogP contribution < -0.4 is 10.6 Å². The van der Waals surface area contributed by atoms with Crippen LogP contribution in [0.15, 0.2) is 18.2 Å². The molecule has 2 rings (SSSR count). The van der Waals surface area contributed by atoms with E-state index >= 15 is 0 Å². The maximum atomic E-state index is 14.2. The van der Waals surface area contributed by atoms with E-state index in [1.165, 1.54) is 19.9 Å². The third-order valence-corrected chi connectivity index (χ3v) is 5.14. The summed E-state index contributed by atoms with van der Waals surface area (Å²) >= 11 is 0.862. The second-order valence-corrected chi connectivity index (χ2v) is 7.56. The Morgan fingerprint density at radius 2 is 2.00 bits per heavy atom. The van der Waals surface area contributed by atoms with Crippen LogP contribution in [0.4, 0.5) is 31.9 Å². The molecule has 1 aromatic heterocycles. The van der Waals surface area contributed by atoms with Crippen LogP contribution in [-0.2, 0) is 6.18 Å². The first kappa shape index (κ1) is 22.8. The van der Waals surface area contributed by atoms with Gasteiger partial charge in [-0.3, -0.25) is 5.32 Å². The predicted octanol–water partition coefficient (Wildman–Crippen LogP) is 5.44. The zero-order chi connectivity index (χ0) is 21.8. The Kier molecular flexibility index (Phi) is 7.35. The number of nitrogens with one attached hydrogen (secondary N) is 2. The molecule has 0 aliphatic heterocycles. The normalized spacial score (nSPS) is 15.9. The van der Waals surface area contributed by atoms with Gasteiger partial charge in [0.2, 0.25) is 0 Å². The van der Waals surface area contributed by atoms with Gasteiger partial charge in [-0.25, -0.2) is 18.6 Å². The highest BCUT2D eigenvalue weighted by Crippen LogP contribution is 2.34. The van der Waals surface area contributed by atoms with Gasteiger partial charge in [0.25, 0.3) is 0 Å². The summed E-state index contributed by atoms with van der Waals surface area (Å²) in [6.45, 7) is 3.00. The average molecular weight is 434 g/mol. The minimum atomic E-state index is -4.49. The number of thiazole rings is 1. The van der Waals surface area contributed by atoms with Gasteiger partial charge in [0.05, 0.1) is 21.8 Å². The van der Waals surface area contributed by atoms with E-state index in [4.69, 9.17) is 5.26 Å². The smallest absolute Gasteiger partial charge is 0.335 e. The molecule has 0 saturated heterocycles. The maximum absolute atomic E-state index is 14.2. The lowest BCUT2D eigenvalue weighted by Gasteiger charge is -2.21. The largest absolute Gasteiger partial charge is 0.416 e. The molecule has 0 aliphatic carbocycles. The summed E-state index contributed by atoms with van der Waals surface area (Å²) in [7, 11) is 0. The third-order valence-electron chi connectivity index (χ3n) is 4.21. The lowest BCUT2D eigenvalue weighted by atomic mass is 9.94. The first-order chi connectivity index (χ1) is 13.5. The standard InChI is InChI=1S/C18H19F5N4OS/c1-3-12(19)11(8-24)13(20)6-9(2)25-16(28)27-17-26-14-5-4-10(18(21,22)23)7-15(14)29-17/h4-5,7,9,11-13H,3,6H2,1-2H3,(H2,25,26,27,28). The molecule has 0 saturated carbocycles. The molecular formula is C18H19F5N4OS. The number of anilines is 1. The van der Waals surface area contributed by atoms with Crippen LogP contribution in [0.3, 0.4) is 0 Å². The average Bonchev–Trinajstić information content (AvgIpc) is 3.01. The number of fused-ring (bicyclic) bond motifs is 1. The molecule has 29 heavy (non-hydrogen) atoms. The minimum absolute atomic E-state index is 0.00853. The topological polar surface area (TPSA) is 77.8 Å². The van der Waals surface area contributed by atoms with E-state index in [0.29, 0.717) is 5.52 Å². The highest BCUT2D eigenvalue weighted by molar-refractivity contribution is 7.22. The number of amides is 2. The van der Waals surface area contributed by atoms with Gasteiger partial charge in [0, 0.05) is 6.04 Å². The van der Waals surface area contributed by atoms with Crippen LogP contribution in [0.25, 0.3) is 10.2 Å². The molecule has 0 aliphatic rings. The summed E-state index contributed by atoms with van der Waals surface area (Å²) < 4.78 is 66.3. The van der Waals surface area contributed by atoms with Crippen molar-refractivity contribution in [2.24, 2.45) is 5.92 Å². The van der Waals surface area contributed by atoms with Gasteiger partial charge >= 0.3 is 12.2 Å². The summed E-state index contributed by atoms with van der Waals surface area (Å²) in [5.41, 5.74) is -0.529. The van der Waals surface area contributed by atoms with E-state index in [2.05, 4.69) is 15.6 Å². The molecule has 5 nitrogen and oxygen atoms in total. The molecule has 0 bridgehead atoms. The SMILES string of the molecule is CCC(F)C(C#N)C(F)CC(C)NC(=O)Nc1nc2ccc(C(F)(F)F)cc2s1. The summed E-state index contributed by atoms with van der Waals surface area (Å²) in [5.74, 6) is -1.42. The van der Waals surface area contributed by atoms with Crippen LogP contribution in [0.1, 0.15) is 32.3 Å². The lowest BCUT2D eigenvalue weighted by molar-refractivity contribution is -0.137. The van der Waals surface area contributed by atoms with Crippen molar-refractivity contribution >= 4 is 32.7 Å². The number of rotatable bonds is 7. The number of nitriles is 1. The fourth-order valence-electron chi connectivity index (χ4n) is 2.70. The first-order valence-corrected chi connectivity index (χ1v) is 9.59. The van der Waals surface area contributed by atoms with E-state index in [0.717, 1.165) is 23.5 Å². The van der Waals surface area contributed by atoms with Crippen molar-refractivity contribution in [3.8, 4) is 6.07 Å². The molecule has 2 amide bonds. The van der Waals surface area contributed by atoms with Crippen LogP contribution >= 0.6 is 11.3 Å². The van der Waals surface area contributed by atoms with Crippen LogP contribution in [-0.4, -0.2) is 29.4 Å². The number of urea groups is 1. The predicted molar refractivity (Wildman–Crippen MR) is 100 cm³/mol. The van der Waals surface area contributed by atoms with Gasteiger partial charge in [-0.15, -0.1) is 0 Å². The van der Waals surface area contributed by atoms with E-state index in [-0.39, 0.29) is 22.7 Å². The van der Waals surface area contributed by atoms with Crippen molar-refractivity contribution in [2.75, 3.05) is 5.32 Å². The maximum Gasteiger partial charge on any atom is 0.416 e. The first-order valence-electron chi connectivity index (χ1n) is 8.78. The van der Waals surface area contributed by atoms with Crippen molar-refractivity contribution in [3.63, 3.8) is 0 Å². The number of benzene rings is 1. The van der Waals surface area contributed by atoms with Gasteiger partial charge in [-0.1, -0.05) is 18.3 Å². The molecule has 4 unspecified atom stereocenters. The Bertz CT molecular complexity index is 894. The Morgan fingerprint density at radius 1 is 1.31 bits per heavy atom. The van der Waals surface area contributed by atoms with E-state index < -0.39 is 42.1 Å². The summed E-state index contributed by atoms with van der Waals surface area (Å²) in [4.78, 5) is 16.1. The van der Waals surface area contributed by atoms with Gasteiger partial charge in [0.15, 0.2) is 5.13 Å². The molecule has 1 heterocycles. The van der Waals surface area contributed by atoms with Crippen molar-refractivity contribution in [1.29, 1.82) is 5.26 Å². The van der Waals surface area contributed by atoms with Crippen molar-refractivity contribution in [3.05, 3.63) is 23.8 Å². The minimum Gasteiger partial charge on any atom is -0.335 e. The fourth-order valence-corrected chi connectivity index (χ4v) is 3.60. The van der Waals surface area contributed by atoms with Crippen molar-refractivity contribution in [2.45, 2.75) is 51.3 Å². The number of carbonyl (C=O) groups is 1. The second-order valence-electron chi connectivity index (χ2n) is 6.53. The molecule has 0 fully saturated rings. The van der Waals surface area contributed by atoms with Gasteiger partial charge in [-0.2, -0.15) is 18.4 Å². The highest BCUT2D eigenvalue weighted by Gasteiger charge is 2.31. The Morgan fingerprint density at radius 3 is 2.59 bits per heavy atom. The molecule has 0 spiro atoms. The zero-order valence-corrected chi connectivity index (χ0v) is 16.4. The van der Waals surface area contributed by atoms with Crippen LogP contribution in [0, 0.1) is 17.2 Å². The number of carbonyl (C=O) groups excluding carboxylic acids is 1. The number of halogens is 5. The fraction of sp³-hybridized carbons (Fsp3) is 0.500. The molecule has 2 aromatic rings. The number of hydrogen-bond donors (Lipinski definition) is 2. The number of alkyl halides is 5. The van der Waals surface area contributed by atoms with Crippen LogP contribution in [0.2, 0.25) is 0 Å². The summed E-state index contributed by atoms with van der Waals surface area (Å²) in [6, 6.07) is 3.21. The molecule has 2 N–H and O–H groups in total. The third kappa shape index (κ3) is 6.00. The molecule has 11 heteroatoms. The van der Waals surface area contributed by atoms with E-state index in [9.17, 15) is 26.7 Å². The quantitative estimate of drug-likeness (QED) is 0.570. The summed E-state index contributed by atoms with van der Waals surface area (Å²) in [5, 5.41) is 13.8. The van der Waals surface area contributed by atoms with E-state index in [1.807, 2.05) is 0 Å². The second kappa shape index (κ2) is 9.35. The number of hydrogen-bond acceptors (Lipinski definition) is 4. The Hall–Kier alpha value is -2.48. The number of nitrogens with zero attached hydrogens (tertiary/aromatic N) is 2. The van der Waals surface area contributed by atoms with Crippen molar-refractivity contribution < 1.29 is 26.7 Å². The number of aromatic nitrogens is 1. The summed E-state index contributed by atoms with van der Waals surface area (Å²) in [6.07, 6.45) is -8.09. The van der Waals surface area contributed by atoms with Gasteiger partial charge in [0.1, 0.15) is 18.3 Å². The van der Waals surface area contributed by atoms with Crippen molar-refractivity contribution in [1.82, 2.24) is 10.3 Å². The monoisotopic (exact) mass is 434 g/mol. The Labute approximate surface area is 167 Å². The lowest BCUT2D eigenvalue weighted by Crippen LogP contribution is -2.39. The van der Waals surface area contributed by atoms with Crippen LogP contribution in [0.5, 0.6) is 0 Å². The van der Waals surface area contributed by atoms with Gasteiger partial charge < -0.3 is 5.32 Å². The van der Waals surface area contributed by atoms with E-state index in [1.54, 1.807) is 6.07 Å². The highest BCUT2D eigenvalue weighted by atomic mass is 32.1.